The van der Waals surface area contributed by atoms with Crippen LogP contribution in [0.1, 0.15) is 18.5 Å². The summed E-state index contributed by atoms with van der Waals surface area (Å²) in [6.45, 7) is 1.27. The summed E-state index contributed by atoms with van der Waals surface area (Å²) in [5.74, 6) is -1.60. The summed E-state index contributed by atoms with van der Waals surface area (Å²) >= 11 is 11.7. The molecule has 2 rings (SSSR count). The van der Waals surface area contributed by atoms with Gasteiger partial charge in [-0.3, -0.25) is 4.79 Å². The Bertz CT molecular complexity index is 725. The Morgan fingerprint density at radius 3 is 2.65 bits per heavy atom. The SMILES string of the molecule is C[C@@H](NC(=O)COc1cc(Cl)ccc1Cl)c1ccc(F)cc1F. The number of halogens is 4. The first kappa shape index (κ1) is 17.5. The van der Waals surface area contributed by atoms with Crippen LogP contribution in [-0.4, -0.2) is 12.5 Å². The van der Waals surface area contributed by atoms with Crippen molar-refractivity contribution < 1.29 is 18.3 Å². The molecule has 0 aliphatic heterocycles. The van der Waals surface area contributed by atoms with Gasteiger partial charge in [-0.25, -0.2) is 8.78 Å². The maximum atomic E-state index is 13.6. The molecule has 7 heteroatoms. The normalized spacial score (nSPS) is 11.9. The van der Waals surface area contributed by atoms with Gasteiger partial charge in [-0.1, -0.05) is 29.3 Å². The van der Waals surface area contributed by atoms with Gasteiger partial charge in [0.2, 0.25) is 0 Å². The van der Waals surface area contributed by atoms with Crippen molar-refractivity contribution in [2.75, 3.05) is 6.61 Å². The van der Waals surface area contributed by atoms with E-state index in [9.17, 15) is 13.6 Å². The summed E-state index contributed by atoms with van der Waals surface area (Å²) in [6.07, 6.45) is 0. The fourth-order valence-electron chi connectivity index (χ4n) is 1.94. The second-order valence-electron chi connectivity index (χ2n) is 4.82. The molecule has 0 saturated carbocycles. The Morgan fingerprint density at radius 1 is 1.22 bits per heavy atom. The van der Waals surface area contributed by atoms with Gasteiger partial charge < -0.3 is 10.1 Å². The highest BCUT2D eigenvalue weighted by Crippen LogP contribution is 2.27. The summed E-state index contributed by atoms with van der Waals surface area (Å²) in [7, 11) is 0. The van der Waals surface area contributed by atoms with Gasteiger partial charge in [0.1, 0.15) is 17.4 Å². The molecule has 2 aromatic rings. The lowest BCUT2D eigenvalue weighted by Gasteiger charge is -2.16. The van der Waals surface area contributed by atoms with E-state index in [4.69, 9.17) is 27.9 Å². The number of benzene rings is 2. The molecular formula is C16H13Cl2F2NO2. The number of hydrogen-bond donors (Lipinski definition) is 1. The highest BCUT2D eigenvalue weighted by atomic mass is 35.5. The van der Waals surface area contributed by atoms with Crippen molar-refractivity contribution in [1.82, 2.24) is 5.32 Å². The Hall–Kier alpha value is -1.85. The summed E-state index contributed by atoms with van der Waals surface area (Å²) in [5, 5.41) is 3.30. The molecular weight excluding hydrogens is 347 g/mol. The number of rotatable bonds is 5. The van der Waals surface area contributed by atoms with Gasteiger partial charge in [0.05, 0.1) is 11.1 Å². The van der Waals surface area contributed by atoms with E-state index in [0.717, 1.165) is 12.1 Å². The maximum Gasteiger partial charge on any atom is 0.258 e. The molecule has 122 valence electrons. The van der Waals surface area contributed by atoms with Crippen molar-refractivity contribution in [3.05, 3.63) is 63.6 Å². The molecule has 0 aromatic heterocycles. The minimum atomic E-state index is -0.725. The number of hydrogen-bond acceptors (Lipinski definition) is 2. The summed E-state index contributed by atoms with van der Waals surface area (Å²) in [6, 6.07) is 7.17. The van der Waals surface area contributed by atoms with Crippen LogP contribution >= 0.6 is 23.2 Å². The second kappa shape index (κ2) is 7.62. The predicted octanol–water partition coefficient (Wildman–Crippen LogP) is 4.53. The molecule has 23 heavy (non-hydrogen) atoms. The number of nitrogens with one attached hydrogen (secondary N) is 1. The highest BCUT2D eigenvalue weighted by Gasteiger charge is 2.15. The molecule has 0 radical (unpaired) electrons. The average molecular weight is 360 g/mol. The van der Waals surface area contributed by atoms with Crippen molar-refractivity contribution in [2.24, 2.45) is 0 Å². The van der Waals surface area contributed by atoms with Crippen molar-refractivity contribution in [2.45, 2.75) is 13.0 Å². The fourth-order valence-corrected chi connectivity index (χ4v) is 2.28. The molecule has 0 saturated heterocycles. The lowest BCUT2D eigenvalue weighted by atomic mass is 10.1. The molecule has 1 N–H and O–H groups in total. The number of carbonyl (C=O) groups excluding carboxylic acids is 1. The van der Waals surface area contributed by atoms with Crippen LogP contribution in [0.3, 0.4) is 0 Å². The van der Waals surface area contributed by atoms with E-state index in [0.29, 0.717) is 10.0 Å². The Labute approximate surface area is 142 Å². The van der Waals surface area contributed by atoms with Crippen LogP contribution in [0.4, 0.5) is 8.78 Å². The van der Waals surface area contributed by atoms with Gasteiger partial charge in [-0.2, -0.15) is 0 Å². The minimum Gasteiger partial charge on any atom is -0.482 e. The van der Waals surface area contributed by atoms with Gasteiger partial charge in [0.25, 0.3) is 5.91 Å². The van der Waals surface area contributed by atoms with Gasteiger partial charge in [0.15, 0.2) is 6.61 Å². The molecule has 0 fully saturated rings. The monoisotopic (exact) mass is 359 g/mol. The largest absolute Gasteiger partial charge is 0.482 e. The molecule has 0 heterocycles. The Balaban J connectivity index is 1.95. The van der Waals surface area contributed by atoms with E-state index in [-0.39, 0.29) is 17.9 Å². The predicted molar refractivity (Wildman–Crippen MR) is 84.9 cm³/mol. The first-order valence-electron chi connectivity index (χ1n) is 6.69. The van der Waals surface area contributed by atoms with Crippen LogP contribution in [0.5, 0.6) is 5.75 Å². The minimum absolute atomic E-state index is 0.181. The first-order valence-corrected chi connectivity index (χ1v) is 7.44. The van der Waals surface area contributed by atoms with Crippen LogP contribution < -0.4 is 10.1 Å². The van der Waals surface area contributed by atoms with E-state index >= 15 is 0 Å². The van der Waals surface area contributed by atoms with Crippen molar-refractivity contribution in [3.63, 3.8) is 0 Å². The lowest BCUT2D eigenvalue weighted by Crippen LogP contribution is -2.31. The maximum absolute atomic E-state index is 13.6. The van der Waals surface area contributed by atoms with E-state index < -0.39 is 23.6 Å². The highest BCUT2D eigenvalue weighted by molar-refractivity contribution is 6.34. The zero-order valence-corrected chi connectivity index (χ0v) is 13.6. The topological polar surface area (TPSA) is 38.3 Å². The van der Waals surface area contributed by atoms with E-state index in [1.54, 1.807) is 19.1 Å². The van der Waals surface area contributed by atoms with Crippen LogP contribution in [0.15, 0.2) is 36.4 Å². The molecule has 0 spiro atoms. The summed E-state index contributed by atoms with van der Waals surface area (Å²) < 4.78 is 31.8. The van der Waals surface area contributed by atoms with Crippen molar-refractivity contribution >= 4 is 29.1 Å². The fraction of sp³-hybridized carbons (Fsp3) is 0.188. The third-order valence-electron chi connectivity index (χ3n) is 3.06. The third kappa shape index (κ3) is 4.81. The van der Waals surface area contributed by atoms with Gasteiger partial charge in [-0.15, -0.1) is 0 Å². The summed E-state index contributed by atoms with van der Waals surface area (Å²) in [4.78, 5) is 11.9. The number of carbonyl (C=O) groups is 1. The Morgan fingerprint density at radius 2 is 1.96 bits per heavy atom. The molecule has 1 atom stereocenters. The van der Waals surface area contributed by atoms with E-state index in [2.05, 4.69) is 5.32 Å². The van der Waals surface area contributed by atoms with Crippen molar-refractivity contribution in [3.8, 4) is 5.75 Å². The molecule has 2 aromatic carbocycles. The van der Waals surface area contributed by atoms with Crippen LogP contribution in [0.25, 0.3) is 0 Å². The lowest BCUT2D eigenvalue weighted by molar-refractivity contribution is -0.123. The molecule has 0 aliphatic rings. The molecule has 0 aliphatic carbocycles. The molecule has 0 unspecified atom stereocenters. The Kier molecular flexibility index (Phi) is 5.80. The first-order chi connectivity index (χ1) is 10.9. The van der Waals surface area contributed by atoms with E-state index in [1.165, 1.54) is 12.1 Å². The van der Waals surface area contributed by atoms with Crippen LogP contribution in [-0.2, 0) is 4.79 Å². The zero-order chi connectivity index (χ0) is 17.0. The smallest absolute Gasteiger partial charge is 0.258 e. The number of ether oxygens (including phenoxy) is 1. The van der Waals surface area contributed by atoms with Crippen LogP contribution in [0, 0.1) is 11.6 Å². The van der Waals surface area contributed by atoms with Crippen LogP contribution in [0.2, 0.25) is 10.0 Å². The standard InChI is InChI=1S/C16H13Cl2F2NO2/c1-9(12-4-3-11(19)7-14(12)20)21-16(22)8-23-15-6-10(17)2-5-13(15)18/h2-7,9H,8H2,1H3,(H,21,22)/t9-/m1/s1. The number of amides is 1. The second-order valence-corrected chi connectivity index (χ2v) is 5.66. The third-order valence-corrected chi connectivity index (χ3v) is 3.61. The van der Waals surface area contributed by atoms with Gasteiger partial charge >= 0.3 is 0 Å². The van der Waals surface area contributed by atoms with Crippen molar-refractivity contribution in [1.29, 1.82) is 0 Å². The molecule has 0 bridgehead atoms. The van der Waals surface area contributed by atoms with Gasteiger partial charge in [-0.05, 0) is 25.1 Å². The quantitative estimate of drug-likeness (QED) is 0.851. The average Bonchev–Trinajstić information content (AvgIpc) is 2.48. The van der Waals surface area contributed by atoms with E-state index in [1.807, 2.05) is 0 Å². The van der Waals surface area contributed by atoms with Gasteiger partial charge in [0, 0.05) is 22.7 Å². The summed E-state index contributed by atoms with van der Waals surface area (Å²) in [5.41, 5.74) is 0.181. The zero-order valence-electron chi connectivity index (χ0n) is 12.1. The molecule has 3 nitrogen and oxygen atoms in total. The molecule has 1 amide bonds.